The standard InChI is InChI=1S/C10H16N2O2/c1-4-8-7-11-10(14-6-3)12-9(8)13-5-2/h7H,4-6H2,1-3H3. The molecule has 0 spiro atoms. The van der Waals surface area contributed by atoms with Crippen LogP contribution in [0.4, 0.5) is 0 Å². The minimum absolute atomic E-state index is 0.383. The van der Waals surface area contributed by atoms with Gasteiger partial charge in [0.25, 0.3) is 0 Å². The first-order valence-electron chi connectivity index (χ1n) is 4.93. The number of ether oxygens (including phenoxy) is 2. The van der Waals surface area contributed by atoms with Gasteiger partial charge in [0.05, 0.1) is 13.2 Å². The average Bonchev–Trinajstić information content (AvgIpc) is 2.19. The molecule has 1 rings (SSSR count). The second-order valence-corrected chi connectivity index (χ2v) is 2.70. The summed E-state index contributed by atoms with van der Waals surface area (Å²) in [4.78, 5) is 8.24. The Hall–Kier alpha value is -1.32. The first-order chi connectivity index (χ1) is 6.81. The van der Waals surface area contributed by atoms with E-state index in [-0.39, 0.29) is 0 Å². The third kappa shape index (κ3) is 2.58. The molecule has 4 nitrogen and oxygen atoms in total. The van der Waals surface area contributed by atoms with Gasteiger partial charge in [-0.1, -0.05) is 6.92 Å². The van der Waals surface area contributed by atoms with E-state index in [1.54, 1.807) is 6.20 Å². The Kier molecular flexibility index (Phi) is 4.16. The van der Waals surface area contributed by atoms with Gasteiger partial charge < -0.3 is 9.47 Å². The lowest BCUT2D eigenvalue weighted by atomic mass is 10.2. The molecule has 78 valence electrons. The van der Waals surface area contributed by atoms with Crippen molar-refractivity contribution in [1.29, 1.82) is 0 Å². The summed E-state index contributed by atoms with van der Waals surface area (Å²) in [6.07, 6.45) is 2.62. The zero-order chi connectivity index (χ0) is 10.4. The maximum Gasteiger partial charge on any atom is 0.319 e. The summed E-state index contributed by atoms with van der Waals surface area (Å²) in [6.45, 7) is 7.05. The molecule has 0 aromatic carbocycles. The molecule has 1 heterocycles. The van der Waals surface area contributed by atoms with E-state index < -0.39 is 0 Å². The molecule has 0 atom stereocenters. The smallest absolute Gasteiger partial charge is 0.319 e. The third-order valence-electron chi connectivity index (χ3n) is 1.74. The third-order valence-corrected chi connectivity index (χ3v) is 1.74. The fourth-order valence-electron chi connectivity index (χ4n) is 1.08. The Morgan fingerprint density at radius 2 is 1.86 bits per heavy atom. The summed E-state index contributed by atoms with van der Waals surface area (Å²) >= 11 is 0. The van der Waals surface area contributed by atoms with Crippen molar-refractivity contribution in [1.82, 2.24) is 9.97 Å². The highest BCUT2D eigenvalue weighted by atomic mass is 16.5. The lowest BCUT2D eigenvalue weighted by Crippen LogP contribution is -2.03. The summed E-state index contributed by atoms with van der Waals surface area (Å²) in [5, 5.41) is 0. The van der Waals surface area contributed by atoms with Gasteiger partial charge in [-0.25, -0.2) is 4.98 Å². The maximum atomic E-state index is 5.38. The van der Waals surface area contributed by atoms with Crippen LogP contribution in [0.2, 0.25) is 0 Å². The van der Waals surface area contributed by atoms with Gasteiger partial charge in [-0.05, 0) is 20.3 Å². The molecule has 0 fully saturated rings. The molecule has 1 aromatic heterocycles. The molecular formula is C10H16N2O2. The van der Waals surface area contributed by atoms with Crippen molar-refractivity contribution in [3.63, 3.8) is 0 Å². The summed E-state index contributed by atoms with van der Waals surface area (Å²) in [5.41, 5.74) is 1.01. The van der Waals surface area contributed by atoms with Gasteiger partial charge in [-0.15, -0.1) is 0 Å². The molecule has 0 aliphatic heterocycles. The number of rotatable bonds is 5. The van der Waals surface area contributed by atoms with Crippen molar-refractivity contribution >= 4 is 0 Å². The molecular weight excluding hydrogens is 180 g/mol. The van der Waals surface area contributed by atoms with Gasteiger partial charge in [0, 0.05) is 11.8 Å². The van der Waals surface area contributed by atoms with Gasteiger partial charge in [-0.3, -0.25) is 0 Å². The lowest BCUT2D eigenvalue weighted by molar-refractivity contribution is 0.286. The Labute approximate surface area is 84.3 Å². The minimum atomic E-state index is 0.383. The normalized spacial score (nSPS) is 9.93. The van der Waals surface area contributed by atoms with E-state index in [0.717, 1.165) is 12.0 Å². The summed E-state index contributed by atoms with van der Waals surface area (Å²) < 4.78 is 10.6. The van der Waals surface area contributed by atoms with Gasteiger partial charge in [0.2, 0.25) is 5.88 Å². The summed E-state index contributed by atoms with van der Waals surface area (Å²) in [6, 6.07) is 0.383. The Balaban J connectivity index is 2.88. The quantitative estimate of drug-likeness (QED) is 0.720. The molecule has 0 bridgehead atoms. The van der Waals surface area contributed by atoms with Gasteiger partial charge in [0.15, 0.2) is 0 Å². The molecule has 0 radical (unpaired) electrons. The zero-order valence-corrected chi connectivity index (χ0v) is 8.91. The second-order valence-electron chi connectivity index (χ2n) is 2.70. The topological polar surface area (TPSA) is 44.2 Å². The molecule has 0 aliphatic rings. The van der Waals surface area contributed by atoms with Crippen LogP contribution in [-0.4, -0.2) is 23.2 Å². The molecule has 0 saturated heterocycles. The van der Waals surface area contributed by atoms with Crippen LogP contribution in [0.5, 0.6) is 11.9 Å². The second kappa shape index (κ2) is 5.42. The Bertz CT molecular complexity index is 289. The highest BCUT2D eigenvalue weighted by molar-refractivity contribution is 5.24. The Morgan fingerprint density at radius 1 is 1.14 bits per heavy atom. The number of hydrogen-bond acceptors (Lipinski definition) is 4. The van der Waals surface area contributed by atoms with E-state index in [1.165, 1.54) is 0 Å². The van der Waals surface area contributed by atoms with Crippen LogP contribution in [0.1, 0.15) is 26.3 Å². The van der Waals surface area contributed by atoms with Crippen molar-refractivity contribution in [3.8, 4) is 11.9 Å². The molecule has 0 amide bonds. The monoisotopic (exact) mass is 196 g/mol. The number of aryl methyl sites for hydroxylation is 1. The minimum Gasteiger partial charge on any atom is -0.478 e. The largest absolute Gasteiger partial charge is 0.478 e. The highest BCUT2D eigenvalue weighted by Crippen LogP contribution is 2.17. The summed E-state index contributed by atoms with van der Waals surface area (Å²) in [7, 11) is 0. The van der Waals surface area contributed by atoms with E-state index >= 15 is 0 Å². The first-order valence-corrected chi connectivity index (χ1v) is 4.93. The van der Waals surface area contributed by atoms with Crippen molar-refractivity contribution in [2.75, 3.05) is 13.2 Å². The first kappa shape index (κ1) is 10.8. The van der Waals surface area contributed by atoms with Crippen LogP contribution in [0.15, 0.2) is 6.20 Å². The fraction of sp³-hybridized carbons (Fsp3) is 0.600. The van der Waals surface area contributed by atoms with Crippen LogP contribution < -0.4 is 9.47 Å². The number of aromatic nitrogens is 2. The van der Waals surface area contributed by atoms with E-state index in [0.29, 0.717) is 25.1 Å². The SMILES string of the molecule is CCOc1ncc(CC)c(OCC)n1. The van der Waals surface area contributed by atoms with E-state index in [1.807, 2.05) is 20.8 Å². The van der Waals surface area contributed by atoms with Crippen molar-refractivity contribution in [2.45, 2.75) is 27.2 Å². The molecule has 0 N–H and O–H groups in total. The van der Waals surface area contributed by atoms with Crippen LogP contribution in [0, 0.1) is 0 Å². The van der Waals surface area contributed by atoms with E-state index in [4.69, 9.17) is 9.47 Å². The molecule has 0 unspecified atom stereocenters. The number of hydrogen-bond donors (Lipinski definition) is 0. The van der Waals surface area contributed by atoms with Crippen LogP contribution in [0.25, 0.3) is 0 Å². The predicted molar refractivity (Wildman–Crippen MR) is 53.7 cm³/mol. The van der Waals surface area contributed by atoms with Gasteiger partial charge in [-0.2, -0.15) is 4.98 Å². The van der Waals surface area contributed by atoms with Crippen molar-refractivity contribution in [3.05, 3.63) is 11.8 Å². The van der Waals surface area contributed by atoms with E-state index in [9.17, 15) is 0 Å². The van der Waals surface area contributed by atoms with Crippen molar-refractivity contribution < 1.29 is 9.47 Å². The molecule has 4 heteroatoms. The molecule has 0 aliphatic carbocycles. The molecule has 1 aromatic rings. The predicted octanol–water partition coefficient (Wildman–Crippen LogP) is 1.84. The number of nitrogens with zero attached hydrogens (tertiary/aromatic N) is 2. The lowest BCUT2D eigenvalue weighted by Gasteiger charge is -2.08. The summed E-state index contributed by atoms with van der Waals surface area (Å²) in [5.74, 6) is 0.633. The van der Waals surface area contributed by atoms with Crippen LogP contribution in [0.3, 0.4) is 0 Å². The van der Waals surface area contributed by atoms with Crippen LogP contribution >= 0.6 is 0 Å². The zero-order valence-electron chi connectivity index (χ0n) is 8.91. The van der Waals surface area contributed by atoms with Crippen molar-refractivity contribution in [2.24, 2.45) is 0 Å². The van der Waals surface area contributed by atoms with E-state index in [2.05, 4.69) is 9.97 Å². The Morgan fingerprint density at radius 3 is 2.43 bits per heavy atom. The van der Waals surface area contributed by atoms with Crippen LogP contribution in [-0.2, 0) is 6.42 Å². The fourth-order valence-corrected chi connectivity index (χ4v) is 1.08. The maximum absolute atomic E-state index is 5.38. The van der Waals surface area contributed by atoms with Gasteiger partial charge >= 0.3 is 6.01 Å². The average molecular weight is 196 g/mol. The molecule has 0 saturated carbocycles. The highest BCUT2D eigenvalue weighted by Gasteiger charge is 2.06. The molecule has 14 heavy (non-hydrogen) atoms. The van der Waals surface area contributed by atoms with Gasteiger partial charge in [0.1, 0.15) is 0 Å².